The molecule has 13 nitrogen and oxygen atoms in total. The molecule has 0 radical (unpaired) electrons. The van der Waals surface area contributed by atoms with Crippen LogP contribution in [0.5, 0.6) is 5.75 Å². The smallest absolute Gasteiger partial charge is 0.326 e. The van der Waals surface area contributed by atoms with Gasteiger partial charge in [-0.1, -0.05) is 32.4 Å². The number of aromatic hydroxyl groups is 1. The van der Waals surface area contributed by atoms with Gasteiger partial charge in [0.05, 0.1) is 18.6 Å². The zero-order chi connectivity index (χ0) is 27.6. The second-order valence-electron chi connectivity index (χ2n) is 8.65. The van der Waals surface area contributed by atoms with Crippen LogP contribution < -0.4 is 27.4 Å². The summed E-state index contributed by atoms with van der Waals surface area (Å²) in [6.45, 7) is 4.67. The minimum absolute atomic E-state index is 0.00919. The number of carbonyl (C=O) groups is 5. The molecule has 0 saturated carbocycles. The van der Waals surface area contributed by atoms with Crippen LogP contribution in [0.4, 0.5) is 0 Å². The van der Waals surface area contributed by atoms with E-state index in [4.69, 9.17) is 11.5 Å². The number of phenolic OH excluding ortho intramolecular Hbond substituents is 1. The summed E-state index contributed by atoms with van der Waals surface area (Å²) >= 11 is 0. The third-order valence-electron chi connectivity index (χ3n) is 5.60. The van der Waals surface area contributed by atoms with E-state index in [1.807, 2.05) is 0 Å². The van der Waals surface area contributed by atoms with Gasteiger partial charge in [-0.05, 0) is 30.5 Å². The minimum Gasteiger partial charge on any atom is -0.508 e. The SMILES string of the molecule is CCC(C)C(NC(=O)C(N)CC(N)=O)C(=O)NC(C(=O)NC(Cc1ccc(O)cc1)C(=O)O)C(C)O. The van der Waals surface area contributed by atoms with Crippen LogP contribution >= 0.6 is 0 Å². The summed E-state index contributed by atoms with van der Waals surface area (Å²) in [7, 11) is 0. The molecule has 6 atom stereocenters. The van der Waals surface area contributed by atoms with Gasteiger partial charge in [0.1, 0.15) is 23.9 Å². The lowest BCUT2D eigenvalue weighted by Gasteiger charge is -2.28. The van der Waals surface area contributed by atoms with Crippen molar-refractivity contribution in [2.45, 2.75) is 70.3 Å². The van der Waals surface area contributed by atoms with Crippen molar-refractivity contribution in [2.75, 3.05) is 0 Å². The number of carboxylic acids is 1. The van der Waals surface area contributed by atoms with E-state index in [9.17, 15) is 39.3 Å². The van der Waals surface area contributed by atoms with Crippen LogP contribution in [0.1, 0.15) is 39.2 Å². The van der Waals surface area contributed by atoms with E-state index in [1.54, 1.807) is 13.8 Å². The summed E-state index contributed by atoms with van der Waals surface area (Å²) in [5.74, 6) is -5.14. The fraction of sp³-hybridized carbons (Fsp3) is 0.522. The Labute approximate surface area is 208 Å². The number of nitrogens with two attached hydrogens (primary N) is 2. The van der Waals surface area contributed by atoms with Gasteiger partial charge < -0.3 is 42.7 Å². The molecule has 0 aliphatic heterocycles. The van der Waals surface area contributed by atoms with Gasteiger partial charge in [0, 0.05) is 6.42 Å². The molecule has 200 valence electrons. The molecule has 0 aromatic heterocycles. The van der Waals surface area contributed by atoms with E-state index in [-0.39, 0.29) is 12.2 Å². The van der Waals surface area contributed by atoms with Gasteiger partial charge in [-0.3, -0.25) is 19.2 Å². The number of aliphatic carboxylic acids is 1. The number of amides is 4. The highest BCUT2D eigenvalue weighted by molar-refractivity contribution is 5.95. The Bertz CT molecular complexity index is 937. The molecule has 0 aliphatic carbocycles. The minimum atomic E-state index is -1.54. The zero-order valence-corrected chi connectivity index (χ0v) is 20.4. The number of hydrogen-bond acceptors (Lipinski definition) is 8. The third kappa shape index (κ3) is 9.50. The lowest BCUT2D eigenvalue weighted by atomic mass is 9.97. The van der Waals surface area contributed by atoms with Gasteiger partial charge in [-0.15, -0.1) is 0 Å². The first kappa shape index (κ1) is 30.3. The number of aliphatic hydroxyl groups is 1. The number of nitrogens with one attached hydrogen (secondary N) is 3. The summed E-state index contributed by atoms with van der Waals surface area (Å²) in [6.07, 6.45) is -1.52. The van der Waals surface area contributed by atoms with E-state index in [1.165, 1.54) is 31.2 Å². The first-order valence-electron chi connectivity index (χ1n) is 11.4. The van der Waals surface area contributed by atoms with Crippen molar-refractivity contribution in [1.82, 2.24) is 16.0 Å². The molecule has 36 heavy (non-hydrogen) atoms. The molecule has 10 N–H and O–H groups in total. The van der Waals surface area contributed by atoms with Gasteiger partial charge in [0.15, 0.2) is 0 Å². The van der Waals surface area contributed by atoms with Crippen LogP contribution in [0.25, 0.3) is 0 Å². The summed E-state index contributed by atoms with van der Waals surface area (Å²) in [4.78, 5) is 60.9. The molecule has 0 saturated heterocycles. The molecule has 1 aromatic rings. The van der Waals surface area contributed by atoms with Crippen molar-refractivity contribution in [2.24, 2.45) is 17.4 Å². The molecule has 0 heterocycles. The molecule has 6 unspecified atom stereocenters. The van der Waals surface area contributed by atoms with Gasteiger partial charge in [0.2, 0.25) is 23.6 Å². The van der Waals surface area contributed by atoms with Crippen LogP contribution in [0.15, 0.2) is 24.3 Å². The predicted octanol–water partition coefficient (Wildman–Crippen LogP) is -1.90. The number of primary amides is 1. The van der Waals surface area contributed by atoms with E-state index < -0.39 is 72.2 Å². The highest BCUT2D eigenvalue weighted by atomic mass is 16.4. The fourth-order valence-electron chi connectivity index (χ4n) is 3.25. The average Bonchev–Trinajstić information content (AvgIpc) is 2.80. The highest BCUT2D eigenvalue weighted by Gasteiger charge is 2.34. The number of carboxylic acid groups (broad SMARTS) is 1. The fourth-order valence-corrected chi connectivity index (χ4v) is 3.25. The van der Waals surface area contributed by atoms with Crippen LogP contribution in [0, 0.1) is 5.92 Å². The predicted molar refractivity (Wildman–Crippen MR) is 128 cm³/mol. The molecular formula is C23H35N5O8. The Morgan fingerprint density at radius 2 is 1.44 bits per heavy atom. The molecule has 4 amide bonds. The Kier molecular flexibility index (Phi) is 11.8. The first-order chi connectivity index (χ1) is 16.8. The Balaban J connectivity index is 3.00. The van der Waals surface area contributed by atoms with E-state index >= 15 is 0 Å². The first-order valence-corrected chi connectivity index (χ1v) is 11.4. The quantitative estimate of drug-likeness (QED) is 0.140. The van der Waals surface area contributed by atoms with Gasteiger partial charge in [-0.2, -0.15) is 0 Å². The molecular weight excluding hydrogens is 474 g/mol. The number of hydrogen-bond donors (Lipinski definition) is 8. The van der Waals surface area contributed by atoms with Gasteiger partial charge in [0.25, 0.3) is 0 Å². The Hall–Kier alpha value is -3.71. The van der Waals surface area contributed by atoms with Crippen molar-refractivity contribution in [3.05, 3.63) is 29.8 Å². The van der Waals surface area contributed by atoms with E-state index in [0.29, 0.717) is 12.0 Å². The molecule has 13 heteroatoms. The van der Waals surface area contributed by atoms with Crippen molar-refractivity contribution in [3.8, 4) is 5.75 Å². The zero-order valence-electron chi connectivity index (χ0n) is 20.4. The maximum absolute atomic E-state index is 13.0. The number of rotatable bonds is 14. The number of phenols is 1. The number of carbonyl (C=O) groups excluding carboxylic acids is 4. The summed E-state index contributed by atoms with van der Waals surface area (Å²) in [5.41, 5.74) is 11.2. The van der Waals surface area contributed by atoms with Gasteiger partial charge >= 0.3 is 5.97 Å². The van der Waals surface area contributed by atoms with Crippen molar-refractivity contribution in [1.29, 1.82) is 0 Å². The molecule has 0 bridgehead atoms. The van der Waals surface area contributed by atoms with Crippen LogP contribution in [-0.2, 0) is 30.4 Å². The molecule has 0 fully saturated rings. The lowest BCUT2D eigenvalue weighted by molar-refractivity contribution is -0.143. The number of aliphatic hydroxyl groups excluding tert-OH is 1. The molecule has 0 spiro atoms. The van der Waals surface area contributed by atoms with Crippen molar-refractivity contribution >= 4 is 29.6 Å². The second kappa shape index (κ2) is 14.0. The molecule has 1 aromatic carbocycles. The van der Waals surface area contributed by atoms with E-state index in [2.05, 4.69) is 16.0 Å². The van der Waals surface area contributed by atoms with E-state index in [0.717, 1.165) is 0 Å². The van der Waals surface area contributed by atoms with Crippen LogP contribution in [-0.4, -0.2) is 75.2 Å². The largest absolute Gasteiger partial charge is 0.508 e. The molecule has 1 rings (SSSR count). The standard InChI is InChI=1S/C23H35N5O8/c1-4-11(2)18(27-20(32)15(24)10-17(25)31)21(33)28-19(12(3)29)22(34)26-16(23(35)36)9-13-5-7-14(30)8-6-13/h5-8,11-12,15-16,18-19,29-30H,4,9-10,24H2,1-3H3,(H2,25,31)(H,26,34)(H,27,32)(H,28,33)(H,35,36). The van der Waals surface area contributed by atoms with Crippen LogP contribution in [0.2, 0.25) is 0 Å². The monoisotopic (exact) mass is 509 g/mol. The normalized spacial score (nSPS) is 15.9. The lowest BCUT2D eigenvalue weighted by Crippen LogP contribution is -2.61. The average molecular weight is 510 g/mol. The van der Waals surface area contributed by atoms with Gasteiger partial charge in [-0.25, -0.2) is 4.79 Å². The number of benzene rings is 1. The summed E-state index contributed by atoms with van der Waals surface area (Å²) in [6, 6.07) is 0.346. The van der Waals surface area contributed by atoms with Crippen molar-refractivity contribution in [3.63, 3.8) is 0 Å². The summed E-state index contributed by atoms with van der Waals surface area (Å²) in [5, 5.41) is 36.2. The Morgan fingerprint density at radius 3 is 1.92 bits per heavy atom. The van der Waals surface area contributed by atoms with Crippen molar-refractivity contribution < 1.29 is 39.3 Å². The Morgan fingerprint density at radius 1 is 0.917 bits per heavy atom. The highest BCUT2D eigenvalue weighted by Crippen LogP contribution is 2.12. The maximum Gasteiger partial charge on any atom is 0.326 e. The van der Waals surface area contributed by atoms with Crippen LogP contribution in [0.3, 0.4) is 0 Å². The third-order valence-corrected chi connectivity index (χ3v) is 5.60. The second-order valence-corrected chi connectivity index (χ2v) is 8.65. The maximum atomic E-state index is 13.0. The molecule has 0 aliphatic rings. The summed E-state index contributed by atoms with van der Waals surface area (Å²) < 4.78 is 0. The topological polar surface area (TPSA) is 234 Å².